The molecule has 0 aliphatic rings. The van der Waals surface area contributed by atoms with E-state index in [0.29, 0.717) is 17.1 Å². The lowest BCUT2D eigenvalue weighted by Gasteiger charge is -2.13. The maximum Gasteiger partial charge on any atom is 0.170 e. The van der Waals surface area contributed by atoms with E-state index >= 15 is 0 Å². The second kappa shape index (κ2) is 5.14. The van der Waals surface area contributed by atoms with Crippen molar-refractivity contribution in [3.8, 4) is 22.8 Å². The first-order chi connectivity index (χ1) is 9.12. The highest BCUT2D eigenvalue weighted by Crippen LogP contribution is 2.36. The van der Waals surface area contributed by atoms with Crippen LogP contribution in [0, 0.1) is 6.92 Å². The molecule has 0 N–H and O–H groups in total. The number of aldehydes is 1. The number of ether oxygens (including phenoxy) is 2. The number of imidazole rings is 1. The second-order valence-electron chi connectivity index (χ2n) is 4.23. The summed E-state index contributed by atoms with van der Waals surface area (Å²) in [5.74, 6) is 1.43. The third kappa shape index (κ3) is 2.19. The molecule has 0 saturated heterocycles. The number of methoxy groups -OCH3 is 2. The van der Waals surface area contributed by atoms with Crippen molar-refractivity contribution >= 4 is 6.29 Å². The van der Waals surface area contributed by atoms with Crippen molar-refractivity contribution in [3.63, 3.8) is 0 Å². The molecule has 0 unspecified atom stereocenters. The van der Waals surface area contributed by atoms with Gasteiger partial charge >= 0.3 is 0 Å². The second-order valence-corrected chi connectivity index (χ2v) is 4.23. The lowest BCUT2D eigenvalue weighted by Crippen LogP contribution is -1.98. The molecule has 0 bridgehead atoms. The van der Waals surface area contributed by atoms with Crippen LogP contribution in [0.4, 0.5) is 0 Å². The van der Waals surface area contributed by atoms with Gasteiger partial charge < -0.3 is 14.0 Å². The van der Waals surface area contributed by atoms with E-state index in [1.807, 2.05) is 26.1 Å². The Morgan fingerprint density at radius 1 is 1.21 bits per heavy atom. The highest BCUT2D eigenvalue weighted by Gasteiger charge is 2.17. The van der Waals surface area contributed by atoms with Gasteiger partial charge in [0.1, 0.15) is 17.2 Å². The predicted octanol–water partition coefficient (Wildman–Crippen LogP) is 2.23. The van der Waals surface area contributed by atoms with Gasteiger partial charge in [0.15, 0.2) is 6.29 Å². The van der Waals surface area contributed by atoms with E-state index in [9.17, 15) is 4.79 Å². The van der Waals surface area contributed by atoms with E-state index in [0.717, 1.165) is 23.2 Å². The number of rotatable bonds is 4. The van der Waals surface area contributed by atoms with E-state index in [1.165, 1.54) is 0 Å². The van der Waals surface area contributed by atoms with Gasteiger partial charge in [0.25, 0.3) is 0 Å². The molecule has 0 saturated carbocycles. The molecule has 0 radical (unpaired) electrons. The van der Waals surface area contributed by atoms with Crippen molar-refractivity contribution in [2.45, 2.75) is 6.92 Å². The average molecular weight is 260 g/mol. The third-order valence-electron chi connectivity index (χ3n) is 3.05. The summed E-state index contributed by atoms with van der Waals surface area (Å²) in [6, 6.07) is 3.74. The molecule has 5 nitrogen and oxygen atoms in total. The molecule has 0 aliphatic heterocycles. The number of hydrogen-bond acceptors (Lipinski definition) is 4. The van der Waals surface area contributed by atoms with Crippen LogP contribution in [-0.4, -0.2) is 30.1 Å². The van der Waals surface area contributed by atoms with Crippen LogP contribution in [0.25, 0.3) is 11.3 Å². The zero-order valence-electron chi connectivity index (χ0n) is 11.4. The normalized spacial score (nSPS) is 10.3. The fourth-order valence-corrected chi connectivity index (χ4v) is 2.10. The zero-order chi connectivity index (χ0) is 14.0. The molecule has 19 heavy (non-hydrogen) atoms. The van der Waals surface area contributed by atoms with Gasteiger partial charge in [0.2, 0.25) is 0 Å². The molecule has 2 rings (SSSR count). The molecule has 0 aliphatic carbocycles. The number of benzene rings is 1. The summed E-state index contributed by atoms with van der Waals surface area (Å²) in [5.41, 5.74) is 2.85. The van der Waals surface area contributed by atoms with Crippen LogP contribution in [0.5, 0.6) is 11.5 Å². The lowest BCUT2D eigenvalue weighted by atomic mass is 10.1. The minimum Gasteiger partial charge on any atom is -0.496 e. The van der Waals surface area contributed by atoms with Gasteiger partial charge in [-0.1, -0.05) is 0 Å². The molecule has 1 aromatic heterocycles. The molecule has 2 aromatic rings. The fraction of sp³-hybridized carbons (Fsp3) is 0.286. The Morgan fingerprint density at radius 2 is 1.89 bits per heavy atom. The Balaban J connectivity index is 2.72. The van der Waals surface area contributed by atoms with Crippen LogP contribution in [0.15, 0.2) is 18.5 Å². The largest absolute Gasteiger partial charge is 0.496 e. The molecule has 1 aromatic carbocycles. The first-order valence-electron chi connectivity index (χ1n) is 5.81. The molecular weight excluding hydrogens is 244 g/mol. The Kier molecular flexibility index (Phi) is 3.55. The summed E-state index contributed by atoms with van der Waals surface area (Å²) in [7, 11) is 5.05. The lowest BCUT2D eigenvalue weighted by molar-refractivity contribution is 0.112. The summed E-state index contributed by atoms with van der Waals surface area (Å²) in [4.78, 5) is 15.1. The molecule has 0 atom stereocenters. The van der Waals surface area contributed by atoms with Crippen molar-refractivity contribution in [3.05, 3.63) is 29.7 Å². The molecule has 0 amide bonds. The van der Waals surface area contributed by atoms with Gasteiger partial charge in [0, 0.05) is 12.6 Å². The van der Waals surface area contributed by atoms with Gasteiger partial charge in [0.05, 0.1) is 26.2 Å². The van der Waals surface area contributed by atoms with Gasteiger partial charge in [-0.25, -0.2) is 4.98 Å². The van der Waals surface area contributed by atoms with Crippen LogP contribution < -0.4 is 9.47 Å². The summed E-state index contributed by atoms with van der Waals surface area (Å²) in [5, 5.41) is 0. The van der Waals surface area contributed by atoms with Crippen LogP contribution in [0.1, 0.15) is 16.1 Å². The van der Waals surface area contributed by atoms with Crippen molar-refractivity contribution in [1.82, 2.24) is 9.55 Å². The maximum atomic E-state index is 11.1. The summed E-state index contributed by atoms with van der Waals surface area (Å²) in [6.45, 7) is 1.94. The number of carbonyl (C=O) groups excluding carboxylic acids is 1. The number of nitrogens with zero attached hydrogens (tertiary/aromatic N) is 2. The SMILES string of the molecule is COc1cc(-c2c(C=O)ncn2C)c(OC)cc1C. The minimum absolute atomic E-state index is 0.381. The van der Waals surface area contributed by atoms with Gasteiger partial charge in [-0.05, 0) is 24.6 Å². The molecule has 0 fully saturated rings. The summed E-state index contributed by atoms with van der Waals surface area (Å²) in [6.07, 6.45) is 2.34. The third-order valence-corrected chi connectivity index (χ3v) is 3.05. The van der Waals surface area contributed by atoms with Gasteiger partial charge in [-0.3, -0.25) is 4.79 Å². The Bertz CT molecular complexity index is 617. The highest BCUT2D eigenvalue weighted by molar-refractivity contribution is 5.86. The number of carbonyl (C=O) groups is 1. The zero-order valence-corrected chi connectivity index (χ0v) is 11.4. The van der Waals surface area contributed by atoms with Crippen molar-refractivity contribution < 1.29 is 14.3 Å². The molecule has 100 valence electrons. The van der Waals surface area contributed by atoms with Crippen LogP contribution in [0.2, 0.25) is 0 Å². The van der Waals surface area contributed by atoms with E-state index < -0.39 is 0 Å². The van der Waals surface area contributed by atoms with Crippen LogP contribution >= 0.6 is 0 Å². The van der Waals surface area contributed by atoms with E-state index in [1.54, 1.807) is 25.1 Å². The Morgan fingerprint density at radius 3 is 2.47 bits per heavy atom. The number of aryl methyl sites for hydroxylation is 2. The summed E-state index contributed by atoms with van der Waals surface area (Å²) < 4.78 is 12.5. The van der Waals surface area contributed by atoms with Crippen molar-refractivity contribution in [2.24, 2.45) is 7.05 Å². The smallest absolute Gasteiger partial charge is 0.170 e. The monoisotopic (exact) mass is 260 g/mol. The molecule has 1 heterocycles. The van der Waals surface area contributed by atoms with E-state index in [4.69, 9.17) is 9.47 Å². The van der Waals surface area contributed by atoms with Crippen LogP contribution in [-0.2, 0) is 7.05 Å². The fourth-order valence-electron chi connectivity index (χ4n) is 2.10. The average Bonchev–Trinajstić information content (AvgIpc) is 2.79. The number of hydrogen-bond donors (Lipinski definition) is 0. The Hall–Kier alpha value is -2.30. The van der Waals surface area contributed by atoms with Crippen molar-refractivity contribution in [1.29, 1.82) is 0 Å². The van der Waals surface area contributed by atoms with Crippen molar-refractivity contribution in [2.75, 3.05) is 14.2 Å². The predicted molar refractivity (Wildman–Crippen MR) is 71.9 cm³/mol. The Labute approximate surface area is 111 Å². The maximum absolute atomic E-state index is 11.1. The van der Waals surface area contributed by atoms with E-state index in [-0.39, 0.29) is 0 Å². The summed E-state index contributed by atoms with van der Waals surface area (Å²) >= 11 is 0. The highest BCUT2D eigenvalue weighted by atomic mass is 16.5. The molecule has 0 spiro atoms. The van der Waals surface area contributed by atoms with Crippen LogP contribution in [0.3, 0.4) is 0 Å². The quantitative estimate of drug-likeness (QED) is 0.791. The molecular formula is C14H16N2O3. The topological polar surface area (TPSA) is 53.3 Å². The standard InChI is InChI=1S/C14H16N2O3/c1-9-5-13(19-4)10(6-12(9)18-3)14-11(7-17)15-8-16(14)2/h5-8H,1-4H3. The minimum atomic E-state index is 0.381. The first-order valence-corrected chi connectivity index (χ1v) is 5.81. The first kappa shape index (κ1) is 13.1. The number of aromatic nitrogens is 2. The van der Waals surface area contributed by atoms with E-state index in [2.05, 4.69) is 4.98 Å². The molecule has 5 heteroatoms. The van der Waals surface area contributed by atoms with Gasteiger partial charge in [-0.15, -0.1) is 0 Å². The van der Waals surface area contributed by atoms with Gasteiger partial charge in [-0.2, -0.15) is 0 Å².